The van der Waals surface area contributed by atoms with E-state index in [0.717, 1.165) is 49.1 Å². The molecular weight excluding hydrogens is 292 g/mol. The summed E-state index contributed by atoms with van der Waals surface area (Å²) in [6.07, 6.45) is 4.50. The van der Waals surface area contributed by atoms with E-state index in [0.29, 0.717) is 29.7 Å². The zero-order chi connectivity index (χ0) is 15.8. The largest absolute Gasteiger partial charge is 0.352 e. The van der Waals surface area contributed by atoms with Gasteiger partial charge in [0, 0.05) is 18.2 Å². The van der Waals surface area contributed by atoms with Crippen LogP contribution in [0.15, 0.2) is 10.6 Å². The van der Waals surface area contributed by atoms with Crippen LogP contribution in [-0.2, 0) is 0 Å². The molecule has 0 bridgehead atoms. The topological polar surface area (TPSA) is 80.0 Å². The molecule has 1 aliphatic heterocycles. The van der Waals surface area contributed by atoms with Gasteiger partial charge in [-0.1, -0.05) is 5.16 Å². The molecule has 23 heavy (non-hydrogen) atoms. The molecular formula is C17H22N4O2. The van der Waals surface area contributed by atoms with Crippen LogP contribution < -0.4 is 10.6 Å². The lowest BCUT2D eigenvalue weighted by Gasteiger charge is -2.10. The van der Waals surface area contributed by atoms with Crippen molar-refractivity contribution in [3.63, 3.8) is 0 Å². The minimum absolute atomic E-state index is 0.0449. The first-order valence-corrected chi connectivity index (χ1v) is 8.48. The molecule has 0 spiro atoms. The highest BCUT2D eigenvalue weighted by molar-refractivity contribution is 6.06. The van der Waals surface area contributed by atoms with Crippen LogP contribution in [0.25, 0.3) is 11.1 Å². The van der Waals surface area contributed by atoms with E-state index < -0.39 is 0 Å². The quantitative estimate of drug-likeness (QED) is 0.884. The second-order valence-electron chi connectivity index (χ2n) is 6.72. The lowest BCUT2D eigenvalue weighted by atomic mass is 10.0. The average molecular weight is 314 g/mol. The number of rotatable bonds is 5. The van der Waals surface area contributed by atoms with E-state index in [2.05, 4.69) is 20.8 Å². The zero-order valence-electron chi connectivity index (χ0n) is 13.4. The van der Waals surface area contributed by atoms with Gasteiger partial charge in [0.25, 0.3) is 11.6 Å². The molecule has 0 aromatic carbocycles. The lowest BCUT2D eigenvalue weighted by Crippen LogP contribution is -2.27. The molecule has 1 amide bonds. The van der Waals surface area contributed by atoms with Crippen molar-refractivity contribution in [2.75, 3.05) is 19.6 Å². The van der Waals surface area contributed by atoms with Crippen LogP contribution in [0, 0.1) is 12.8 Å². The van der Waals surface area contributed by atoms with Crippen LogP contribution in [0.3, 0.4) is 0 Å². The van der Waals surface area contributed by atoms with Crippen molar-refractivity contribution in [1.82, 2.24) is 20.8 Å². The summed E-state index contributed by atoms with van der Waals surface area (Å²) in [5.74, 6) is 1.10. The summed E-state index contributed by atoms with van der Waals surface area (Å²) < 4.78 is 5.29. The second-order valence-corrected chi connectivity index (χ2v) is 6.72. The van der Waals surface area contributed by atoms with Gasteiger partial charge in [0.15, 0.2) is 0 Å². The van der Waals surface area contributed by atoms with Gasteiger partial charge in [0.05, 0.1) is 16.6 Å². The molecule has 0 radical (unpaired) electrons. The maximum Gasteiger partial charge on any atom is 0.259 e. The van der Waals surface area contributed by atoms with Crippen molar-refractivity contribution < 1.29 is 9.32 Å². The highest BCUT2D eigenvalue weighted by Gasteiger charge is 2.28. The van der Waals surface area contributed by atoms with Gasteiger partial charge in [-0.05, 0) is 57.7 Å². The number of pyridine rings is 1. The van der Waals surface area contributed by atoms with Crippen LogP contribution in [0.5, 0.6) is 0 Å². The molecule has 4 rings (SSSR count). The molecule has 122 valence electrons. The third kappa shape index (κ3) is 2.95. The summed E-state index contributed by atoms with van der Waals surface area (Å²) in [6.45, 7) is 4.71. The number of nitrogens with one attached hydrogen (secondary N) is 2. The Balaban J connectivity index is 1.53. The summed E-state index contributed by atoms with van der Waals surface area (Å²) in [7, 11) is 0. The third-order valence-corrected chi connectivity index (χ3v) is 4.88. The van der Waals surface area contributed by atoms with Gasteiger partial charge < -0.3 is 15.2 Å². The first-order chi connectivity index (χ1) is 11.2. The van der Waals surface area contributed by atoms with Crippen LogP contribution in [-0.4, -0.2) is 35.7 Å². The number of carbonyl (C=O) groups is 1. The van der Waals surface area contributed by atoms with E-state index in [-0.39, 0.29) is 5.91 Å². The smallest absolute Gasteiger partial charge is 0.259 e. The maximum absolute atomic E-state index is 12.7. The van der Waals surface area contributed by atoms with Gasteiger partial charge in [0.2, 0.25) is 0 Å². The summed E-state index contributed by atoms with van der Waals surface area (Å²) in [6, 6.07) is 1.93. The van der Waals surface area contributed by atoms with Crippen molar-refractivity contribution >= 4 is 17.0 Å². The van der Waals surface area contributed by atoms with Crippen LogP contribution in [0.4, 0.5) is 0 Å². The number of aryl methyl sites for hydroxylation is 1. The van der Waals surface area contributed by atoms with Crippen molar-refractivity contribution in [3.05, 3.63) is 23.0 Å². The van der Waals surface area contributed by atoms with Crippen LogP contribution in [0.2, 0.25) is 0 Å². The Kier molecular flexibility index (Phi) is 3.77. The molecule has 6 nitrogen and oxygen atoms in total. The van der Waals surface area contributed by atoms with Gasteiger partial charge in [-0.15, -0.1) is 0 Å². The molecule has 2 aromatic heterocycles. The summed E-state index contributed by atoms with van der Waals surface area (Å²) in [4.78, 5) is 17.2. The molecule has 1 aliphatic carbocycles. The Morgan fingerprint density at radius 3 is 3.04 bits per heavy atom. The normalized spacial score (nSPS) is 21.0. The first-order valence-electron chi connectivity index (χ1n) is 8.48. The fraction of sp³-hybridized carbons (Fsp3) is 0.588. The molecule has 6 heteroatoms. The molecule has 2 N–H and O–H groups in total. The first kappa shape index (κ1) is 14.6. The van der Waals surface area contributed by atoms with Crippen molar-refractivity contribution in [3.8, 4) is 0 Å². The predicted octanol–water partition coefficient (Wildman–Crippen LogP) is 2.14. The number of aromatic nitrogens is 2. The highest BCUT2D eigenvalue weighted by atomic mass is 16.5. The molecule has 1 unspecified atom stereocenters. The van der Waals surface area contributed by atoms with E-state index in [9.17, 15) is 4.79 Å². The standard InChI is InChI=1S/C17H22N4O2/c1-10-15-13(16(22)19-7-5-11-4-6-18-9-11)8-14(12-2-3-12)20-17(15)23-21-10/h8,11-12,18H,2-7,9H2,1H3,(H,19,22). The molecule has 2 aromatic rings. The Morgan fingerprint density at radius 1 is 1.43 bits per heavy atom. The van der Waals surface area contributed by atoms with Crippen LogP contribution in [0.1, 0.15) is 53.3 Å². The van der Waals surface area contributed by atoms with Gasteiger partial charge >= 0.3 is 0 Å². The lowest BCUT2D eigenvalue weighted by molar-refractivity contribution is 0.0953. The van der Waals surface area contributed by atoms with E-state index in [1.54, 1.807) is 0 Å². The number of hydrogen-bond donors (Lipinski definition) is 2. The minimum atomic E-state index is -0.0449. The van der Waals surface area contributed by atoms with E-state index in [4.69, 9.17) is 4.52 Å². The van der Waals surface area contributed by atoms with Gasteiger partial charge in [-0.25, -0.2) is 4.98 Å². The Labute approximate surface area is 135 Å². The minimum Gasteiger partial charge on any atom is -0.352 e. The SMILES string of the molecule is Cc1noc2nc(C3CC3)cc(C(=O)NCCC3CCNC3)c12. The summed E-state index contributed by atoms with van der Waals surface area (Å²) in [5, 5.41) is 11.1. The van der Waals surface area contributed by atoms with Crippen molar-refractivity contribution in [2.24, 2.45) is 5.92 Å². The summed E-state index contributed by atoms with van der Waals surface area (Å²) in [5.41, 5.74) is 2.82. The second kappa shape index (κ2) is 5.92. The number of carbonyl (C=O) groups excluding carboxylic acids is 1. The Morgan fingerprint density at radius 2 is 2.30 bits per heavy atom. The predicted molar refractivity (Wildman–Crippen MR) is 86.4 cm³/mol. The zero-order valence-corrected chi connectivity index (χ0v) is 13.4. The highest BCUT2D eigenvalue weighted by Crippen LogP contribution is 2.40. The van der Waals surface area contributed by atoms with Gasteiger partial charge in [-0.2, -0.15) is 0 Å². The maximum atomic E-state index is 12.7. The van der Waals surface area contributed by atoms with Crippen molar-refractivity contribution in [2.45, 2.75) is 38.5 Å². The average Bonchev–Trinajstić information content (AvgIpc) is 3.16. The molecule has 1 saturated carbocycles. The Bertz CT molecular complexity index is 730. The van der Waals surface area contributed by atoms with E-state index in [1.807, 2.05) is 13.0 Å². The molecule has 2 fully saturated rings. The van der Waals surface area contributed by atoms with Crippen LogP contribution >= 0.6 is 0 Å². The Hall–Kier alpha value is -1.95. The fourth-order valence-electron chi connectivity index (χ4n) is 3.33. The number of fused-ring (bicyclic) bond motifs is 1. The molecule has 2 aliphatic rings. The third-order valence-electron chi connectivity index (χ3n) is 4.88. The molecule has 1 atom stereocenters. The van der Waals surface area contributed by atoms with Crippen molar-refractivity contribution in [1.29, 1.82) is 0 Å². The number of nitrogens with zero attached hydrogens (tertiary/aromatic N) is 2. The number of hydrogen-bond acceptors (Lipinski definition) is 5. The van der Waals surface area contributed by atoms with Gasteiger partial charge in [0.1, 0.15) is 0 Å². The fourth-order valence-corrected chi connectivity index (χ4v) is 3.33. The summed E-state index contributed by atoms with van der Waals surface area (Å²) >= 11 is 0. The monoisotopic (exact) mass is 314 g/mol. The van der Waals surface area contributed by atoms with E-state index in [1.165, 1.54) is 6.42 Å². The number of amides is 1. The molecule has 3 heterocycles. The van der Waals surface area contributed by atoms with E-state index >= 15 is 0 Å². The molecule has 1 saturated heterocycles. The van der Waals surface area contributed by atoms with Gasteiger partial charge in [-0.3, -0.25) is 4.79 Å².